The van der Waals surface area contributed by atoms with E-state index in [0.29, 0.717) is 22.1 Å². The van der Waals surface area contributed by atoms with Crippen molar-refractivity contribution in [3.63, 3.8) is 0 Å². The predicted molar refractivity (Wildman–Crippen MR) is 77.5 cm³/mol. The van der Waals surface area contributed by atoms with Crippen LogP contribution in [-0.4, -0.2) is 10.9 Å². The summed E-state index contributed by atoms with van der Waals surface area (Å²) in [4.78, 5) is 16.1. The number of carbonyl (C=O) groups is 1. The van der Waals surface area contributed by atoms with Gasteiger partial charge >= 0.3 is 0 Å². The number of aromatic nitrogens is 1. The van der Waals surface area contributed by atoms with E-state index >= 15 is 0 Å². The predicted octanol–water partition coefficient (Wildman–Crippen LogP) is 3.19. The normalized spacial score (nSPS) is 10.3. The first-order valence-corrected chi connectivity index (χ1v) is 6.14. The third-order valence-corrected chi connectivity index (χ3v) is 2.92. The highest BCUT2D eigenvalue weighted by atomic mass is 35.5. The summed E-state index contributed by atoms with van der Waals surface area (Å²) in [7, 11) is 0. The number of pyridine rings is 1. The first kappa shape index (κ1) is 13.4. The lowest BCUT2D eigenvalue weighted by atomic mass is 10.1. The molecule has 1 heterocycles. The number of benzene rings is 1. The van der Waals surface area contributed by atoms with Crippen molar-refractivity contribution in [2.45, 2.75) is 13.8 Å². The van der Waals surface area contributed by atoms with E-state index in [1.54, 1.807) is 24.3 Å². The minimum Gasteiger partial charge on any atom is -0.397 e. The van der Waals surface area contributed by atoms with Crippen LogP contribution in [0.2, 0.25) is 5.02 Å². The number of amides is 1. The summed E-state index contributed by atoms with van der Waals surface area (Å²) in [5.41, 5.74) is 8.57. The van der Waals surface area contributed by atoms with Crippen LogP contribution in [0.15, 0.2) is 30.5 Å². The van der Waals surface area contributed by atoms with Crippen molar-refractivity contribution in [3.05, 3.63) is 52.2 Å². The number of carbonyl (C=O) groups excluding carboxylic acids is 1. The van der Waals surface area contributed by atoms with Gasteiger partial charge in [0.05, 0.1) is 11.9 Å². The van der Waals surface area contributed by atoms with Gasteiger partial charge in [-0.3, -0.25) is 4.79 Å². The SMILES string of the molecule is Cc1cc(Cl)cc(C(=O)Nc2cc(C)c(N)cn2)c1. The summed E-state index contributed by atoms with van der Waals surface area (Å²) in [5, 5.41) is 3.25. The standard InChI is InChI=1S/C14H14ClN3O/c1-8-3-10(6-11(15)4-8)14(19)18-13-5-9(2)12(16)7-17-13/h3-7H,16H2,1-2H3,(H,17,18,19). The second kappa shape index (κ2) is 5.28. The molecule has 0 fully saturated rings. The lowest BCUT2D eigenvalue weighted by molar-refractivity contribution is 0.102. The number of hydrogen-bond donors (Lipinski definition) is 2. The Morgan fingerprint density at radius 1 is 1.26 bits per heavy atom. The maximum Gasteiger partial charge on any atom is 0.256 e. The van der Waals surface area contributed by atoms with Gasteiger partial charge in [0.2, 0.25) is 0 Å². The Balaban J connectivity index is 2.22. The Morgan fingerprint density at radius 2 is 2.00 bits per heavy atom. The number of aryl methyl sites for hydroxylation is 2. The Bertz CT molecular complexity index is 620. The lowest BCUT2D eigenvalue weighted by Gasteiger charge is -2.07. The van der Waals surface area contributed by atoms with Crippen molar-refractivity contribution in [3.8, 4) is 0 Å². The zero-order valence-corrected chi connectivity index (χ0v) is 11.5. The molecule has 0 saturated carbocycles. The first-order valence-electron chi connectivity index (χ1n) is 5.76. The van der Waals surface area contributed by atoms with Crippen molar-refractivity contribution >= 4 is 29.0 Å². The second-order valence-corrected chi connectivity index (χ2v) is 4.83. The van der Waals surface area contributed by atoms with E-state index < -0.39 is 0 Å². The highest BCUT2D eigenvalue weighted by molar-refractivity contribution is 6.31. The van der Waals surface area contributed by atoms with E-state index in [9.17, 15) is 4.79 Å². The van der Waals surface area contributed by atoms with Gasteiger partial charge in [0, 0.05) is 10.6 Å². The molecular formula is C14H14ClN3O. The maximum absolute atomic E-state index is 12.1. The fourth-order valence-electron chi connectivity index (χ4n) is 1.69. The van der Waals surface area contributed by atoms with Crippen LogP contribution >= 0.6 is 11.6 Å². The number of nitrogens with two attached hydrogens (primary N) is 1. The molecule has 0 bridgehead atoms. The Kier molecular flexibility index (Phi) is 3.71. The summed E-state index contributed by atoms with van der Waals surface area (Å²) in [6, 6.07) is 6.91. The van der Waals surface area contributed by atoms with Crippen molar-refractivity contribution in [1.82, 2.24) is 4.98 Å². The van der Waals surface area contributed by atoms with Gasteiger partial charge in [-0.05, 0) is 49.2 Å². The number of anilines is 2. The molecule has 1 amide bonds. The van der Waals surface area contributed by atoms with Crippen LogP contribution in [0.25, 0.3) is 0 Å². The fraction of sp³-hybridized carbons (Fsp3) is 0.143. The number of nitrogens with one attached hydrogen (secondary N) is 1. The molecule has 2 rings (SSSR count). The van der Waals surface area contributed by atoms with Gasteiger partial charge in [-0.2, -0.15) is 0 Å². The van der Waals surface area contributed by atoms with E-state index in [1.165, 1.54) is 6.20 Å². The number of rotatable bonds is 2. The van der Waals surface area contributed by atoms with Crippen LogP contribution in [0.5, 0.6) is 0 Å². The Morgan fingerprint density at radius 3 is 2.63 bits per heavy atom. The van der Waals surface area contributed by atoms with Crippen molar-refractivity contribution < 1.29 is 4.79 Å². The average Bonchev–Trinajstić information content (AvgIpc) is 2.32. The molecule has 19 heavy (non-hydrogen) atoms. The Hall–Kier alpha value is -2.07. The number of halogens is 1. The summed E-state index contributed by atoms with van der Waals surface area (Å²) < 4.78 is 0. The maximum atomic E-state index is 12.1. The van der Waals surface area contributed by atoms with Gasteiger partial charge in [-0.1, -0.05) is 11.6 Å². The molecule has 0 unspecified atom stereocenters. The zero-order chi connectivity index (χ0) is 14.0. The zero-order valence-electron chi connectivity index (χ0n) is 10.7. The van der Waals surface area contributed by atoms with E-state index in [-0.39, 0.29) is 5.91 Å². The molecule has 1 aromatic carbocycles. The monoisotopic (exact) mass is 275 g/mol. The minimum atomic E-state index is -0.248. The molecule has 4 nitrogen and oxygen atoms in total. The van der Waals surface area contributed by atoms with Crippen LogP contribution in [-0.2, 0) is 0 Å². The molecule has 98 valence electrons. The highest BCUT2D eigenvalue weighted by Crippen LogP contribution is 2.17. The molecule has 0 aliphatic heterocycles. The average molecular weight is 276 g/mol. The molecule has 0 aliphatic carbocycles. The lowest BCUT2D eigenvalue weighted by Crippen LogP contribution is -2.13. The summed E-state index contributed by atoms with van der Waals surface area (Å²) >= 11 is 5.93. The topological polar surface area (TPSA) is 68.0 Å². The number of nitrogen functional groups attached to an aromatic ring is 1. The summed E-state index contributed by atoms with van der Waals surface area (Å²) in [5.74, 6) is 0.219. The largest absolute Gasteiger partial charge is 0.397 e. The summed E-state index contributed by atoms with van der Waals surface area (Å²) in [6.45, 7) is 3.74. The van der Waals surface area contributed by atoms with E-state index in [1.807, 2.05) is 13.8 Å². The fourth-order valence-corrected chi connectivity index (χ4v) is 1.98. The van der Waals surface area contributed by atoms with Crippen LogP contribution in [0.4, 0.5) is 11.5 Å². The Labute approximate surface area is 116 Å². The molecule has 0 atom stereocenters. The molecule has 5 heteroatoms. The molecule has 2 aromatic rings. The van der Waals surface area contributed by atoms with Gasteiger partial charge in [-0.15, -0.1) is 0 Å². The van der Waals surface area contributed by atoms with Gasteiger partial charge < -0.3 is 11.1 Å². The van der Waals surface area contributed by atoms with Gasteiger partial charge in [-0.25, -0.2) is 4.98 Å². The van der Waals surface area contributed by atoms with Crippen LogP contribution in [0.3, 0.4) is 0 Å². The molecule has 0 saturated heterocycles. The van der Waals surface area contributed by atoms with Crippen molar-refractivity contribution in [2.24, 2.45) is 0 Å². The molecule has 0 aliphatic rings. The quantitative estimate of drug-likeness (QED) is 0.884. The highest BCUT2D eigenvalue weighted by Gasteiger charge is 2.09. The number of nitrogens with zero attached hydrogens (tertiary/aromatic N) is 1. The second-order valence-electron chi connectivity index (χ2n) is 4.40. The van der Waals surface area contributed by atoms with E-state index in [2.05, 4.69) is 10.3 Å². The molecule has 3 N–H and O–H groups in total. The third kappa shape index (κ3) is 3.23. The van der Waals surface area contributed by atoms with Crippen LogP contribution in [0, 0.1) is 13.8 Å². The van der Waals surface area contributed by atoms with Crippen molar-refractivity contribution in [2.75, 3.05) is 11.1 Å². The van der Waals surface area contributed by atoms with Crippen molar-refractivity contribution in [1.29, 1.82) is 0 Å². The van der Waals surface area contributed by atoms with Gasteiger partial charge in [0.15, 0.2) is 0 Å². The van der Waals surface area contributed by atoms with Crippen LogP contribution < -0.4 is 11.1 Å². The molecule has 0 radical (unpaired) electrons. The van der Waals surface area contributed by atoms with E-state index in [4.69, 9.17) is 17.3 Å². The minimum absolute atomic E-state index is 0.248. The molecule has 1 aromatic heterocycles. The first-order chi connectivity index (χ1) is 8.95. The van der Waals surface area contributed by atoms with Gasteiger partial charge in [0.1, 0.15) is 5.82 Å². The summed E-state index contributed by atoms with van der Waals surface area (Å²) in [6.07, 6.45) is 1.52. The third-order valence-electron chi connectivity index (χ3n) is 2.70. The smallest absolute Gasteiger partial charge is 0.256 e. The van der Waals surface area contributed by atoms with E-state index in [0.717, 1.165) is 11.1 Å². The number of hydrogen-bond acceptors (Lipinski definition) is 3. The molecule has 0 spiro atoms. The van der Waals surface area contributed by atoms with Crippen LogP contribution in [0.1, 0.15) is 21.5 Å². The molecular weight excluding hydrogens is 262 g/mol. The van der Waals surface area contributed by atoms with Gasteiger partial charge in [0.25, 0.3) is 5.91 Å².